The molecule has 4 rings (SSSR count). The predicted molar refractivity (Wildman–Crippen MR) is 116 cm³/mol. The van der Waals surface area contributed by atoms with Crippen LogP contribution >= 0.6 is 12.4 Å². The summed E-state index contributed by atoms with van der Waals surface area (Å²) in [6, 6.07) is 16.3. The molecule has 0 aromatic heterocycles. The van der Waals surface area contributed by atoms with Crippen LogP contribution < -0.4 is 14.8 Å². The number of nitrogens with zero attached hydrogens (tertiary/aromatic N) is 1. The molecule has 0 spiro atoms. The molecule has 2 saturated heterocycles. The first-order valence-electron chi connectivity index (χ1n) is 9.97. The van der Waals surface area contributed by atoms with Gasteiger partial charge in [0, 0.05) is 32.0 Å². The van der Waals surface area contributed by atoms with Crippen LogP contribution in [0.15, 0.2) is 48.5 Å². The van der Waals surface area contributed by atoms with E-state index in [0.29, 0.717) is 24.7 Å². The van der Waals surface area contributed by atoms with Crippen LogP contribution in [-0.2, 0) is 11.2 Å². The van der Waals surface area contributed by atoms with Crippen molar-refractivity contribution in [1.82, 2.24) is 10.2 Å². The lowest BCUT2D eigenvalue weighted by molar-refractivity contribution is -0.132. The largest absolute Gasteiger partial charge is 0.497 e. The Bertz CT molecular complexity index is 827. The molecule has 3 atom stereocenters. The number of hydrogen-bond acceptors (Lipinski definition) is 4. The monoisotopic (exact) mass is 416 g/mol. The summed E-state index contributed by atoms with van der Waals surface area (Å²) in [6.45, 7) is 2.80. The highest BCUT2D eigenvalue weighted by Gasteiger charge is 2.46. The van der Waals surface area contributed by atoms with E-state index in [0.717, 1.165) is 36.7 Å². The Hall–Kier alpha value is -2.24. The number of rotatable bonds is 6. The highest BCUT2D eigenvalue weighted by molar-refractivity contribution is 5.85. The molecular formula is C23H29ClN2O3. The number of benzene rings is 2. The molecule has 0 saturated carbocycles. The van der Waals surface area contributed by atoms with Gasteiger partial charge >= 0.3 is 0 Å². The molecule has 156 valence electrons. The molecule has 2 aromatic carbocycles. The fourth-order valence-electron chi connectivity index (χ4n) is 4.70. The van der Waals surface area contributed by atoms with E-state index in [-0.39, 0.29) is 24.4 Å². The van der Waals surface area contributed by atoms with E-state index in [1.165, 1.54) is 5.56 Å². The van der Waals surface area contributed by atoms with Gasteiger partial charge in [0.1, 0.15) is 11.5 Å². The molecule has 1 N–H and O–H groups in total. The minimum atomic E-state index is 0. The Balaban J connectivity index is 0.00000240. The molecule has 0 radical (unpaired) electrons. The quantitative estimate of drug-likeness (QED) is 0.783. The second-order valence-corrected chi connectivity index (χ2v) is 7.66. The van der Waals surface area contributed by atoms with Crippen LogP contribution in [-0.4, -0.2) is 44.7 Å². The van der Waals surface area contributed by atoms with Crippen molar-refractivity contribution in [3.63, 3.8) is 0 Å². The molecule has 2 heterocycles. The number of halogens is 1. The maximum atomic E-state index is 13.2. The topological polar surface area (TPSA) is 50.8 Å². The molecule has 0 bridgehead atoms. The van der Waals surface area contributed by atoms with Crippen LogP contribution in [0.4, 0.5) is 0 Å². The maximum Gasteiger partial charge on any atom is 0.223 e. The highest BCUT2D eigenvalue weighted by Crippen LogP contribution is 2.43. The number of aryl methyl sites for hydroxylation is 1. The summed E-state index contributed by atoms with van der Waals surface area (Å²) >= 11 is 0. The summed E-state index contributed by atoms with van der Waals surface area (Å²) < 4.78 is 10.7. The zero-order valence-electron chi connectivity index (χ0n) is 17.0. The lowest BCUT2D eigenvalue weighted by Gasteiger charge is -2.29. The summed E-state index contributed by atoms with van der Waals surface area (Å²) in [4.78, 5) is 15.3. The van der Waals surface area contributed by atoms with E-state index in [1.54, 1.807) is 14.2 Å². The molecule has 0 unspecified atom stereocenters. The number of carbonyl (C=O) groups is 1. The number of hydrogen-bond donors (Lipinski definition) is 1. The minimum Gasteiger partial charge on any atom is -0.497 e. The fraction of sp³-hybridized carbons (Fsp3) is 0.435. The molecule has 2 aliphatic rings. The summed E-state index contributed by atoms with van der Waals surface area (Å²) in [5.41, 5.74) is 2.28. The number of ether oxygens (including phenoxy) is 2. The molecule has 2 fully saturated rings. The first-order valence-corrected chi connectivity index (χ1v) is 9.97. The van der Waals surface area contributed by atoms with Crippen molar-refractivity contribution in [2.45, 2.75) is 18.9 Å². The van der Waals surface area contributed by atoms with Crippen molar-refractivity contribution in [2.24, 2.45) is 11.8 Å². The van der Waals surface area contributed by atoms with Gasteiger partial charge in [-0.1, -0.05) is 30.3 Å². The average Bonchev–Trinajstić information content (AvgIpc) is 3.33. The van der Waals surface area contributed by atoms with Crippen molar-refractivity contribution in [3.05, 3.63) is 59.7 Å². The lowest BCUT2D eigenvalue weighted by atomic mass is 9.89. The predicted octanol–water partition coefficient (Wildman–Crippen LogP) is 3.48. The van der Waals surface area contributed by atoms with Gasteiger partial charge in [-0.15, -0.1) is 12.4 Å². The summed E-state index contributed by atoms with van der Waals surface area (Å²) in [5, 5.41) is 3.50. The number of para-hydroxylation sites is 1. The number of carbonyl (C=O) groups excluding carboxylic acids is 1. The van der Waals surface area contributed by atoms with Gasteiger partial charge in [0.05, 0.1) is 20.3 Å². The smallest absolute Gasteiger partial charge is 0.223 e. The molecule has 2 aromatic rings. The Morgan fingerprint density at radius 1 is 1.07 bits per heavy atom. The number of amides is 1. The van der Waals surface area contributed by atoms with Crippen molar-refractivity contribution in [2.75, 3.05) is 33.9 Å². The van der Waals surface area contributed by atoms with Crippen LogP contribution in [0, 0.1) is 11.8 Å². The van der Waals surface area contributed by atoms with Crippen molar-refractivity contribution in [3.8, 4) is 11.5 Å². The van der Waals surface area contributed by atoms with Gasteiger partial charge in [0.25, 0.3) is 0 Å². The summed E-state index contributed by atoms with van der Waals surface area (Å²) in [5.74, 6) is 2.92. The molecule has 2 aliphatic heterocycles. The van der Waals surface area contributed by atoms with Gasteiger partial charge in [-0.25, -0.2) is 0 Å². The standard InChI is InChI=1S/C23H28N2O3.ClH/c1-27-19-10-7-17(8-11-19)23-20-14-24-13-18(20)15-25(23)22(26)12-9-16-5-3-4-6-21(16)28-2;/h3-8,10-11,18,20,23-24H,9,12-15H2,1-2H3;1H/t18-,20-,23+;/m0./s1. The van der Waals surface area contributed by atoms with E-state index in [2.05, 4.69) is 22.3 Å². The van der Waals surface area contributed by atoms with Crippen molar-refractivity contribution >= 4 is 18.3 Å². The van der Waals surface area contributed by atoms with Crippen LogP contribution in [0.25, 0.3) is 0 Å². The van der Waals surface area contributed by atoms with Gasteiger partial charge in [-0.05, 0) is 41.7 Å². The number of methoxy groups -OCH3 is 2. The minimum absolute atomic E-state index is 0. The average molecular weight is 417 g/mol. The van der Waals surface area contributed by atoms with E-state index >= 15 is 0 Å². The third-order valence-corrected chi connectivity index (χ3v) is 6.14. The zero-order chi connectivity index (χ0) is 19.5. The second kappa shape index (κ2) is 9.51. The molecule has 0 aliphatic carbocycles. The van der Waals surface area contributed by atoms with Gasteiger partial charge < -0.3 is 19.7 Å². The molecule has 6 heteroatoms. The van der Waals surface area contributed by atoms with E-state index in [9.17, 15) is 4.79 Å². The van der Waals surface area contributed by atoms with Crippen LogP contribution in [0.3, 0.4) is 0 Å². The van der Waals surface area contributed by atoms with E-state index < -0.39 is 0 Å². The Morgan fingerprint density at radius 3 is 2.55 bits per heavy atom. The van der Waals surface area contributed by atoms with Gasteiger partial charge in [-0.3, -0.25) is 4.79 Å². The lowest BCUT2D eigenvalue weighted by Crippen LogP contribution is -2.34. The van der Waals surface area contributed by atoms with Crippen LogP contribution in [0.1, 0.15) is 23.6 Å². The Kier molecular flexibility index (Phi) is 7.04. The van der Waals surface area contributed by atoms with Crippen LogP contribution in [0.2, 0.25) is 0 Å². The first kappa shape index (κ1) is 21.5. The van der Waals surface area contributed by atoms with Gasteiger partial charge in [0.2, 0.25) is 5.91 Å². The molecule has 5 nitrogen and oxygen atoms in total. The normalized spacial score (nSPS) is 22.7. The molecular weight excluding hydrogens is 388 g/mol. The number of nitrogens with one attached hydrogen (secondary N) is 1. The van der Waals surface area contributed by atoms with Crippen molar-refractivity contribution in [1.29, 1.82) is 0 Å². The first-order chi connectivity index (χ1) is 13.7. The number of fused-ring (bicyclic) bond motifs is 1. The summed E-state index contributed by atoms with van der Waals surface area (Å²) in [6.07, 6.45) is 1.20. The SMILES string of the molecule is COc1ccc([C@@H]2[C@H]3CNC[C@H]3CN2C(=O)CCc2ccccc2OC)cc1.Cl. The highest BCUT2D eigenvalue weighted by atomic mass is 35.5. The van der Waals surface area contributed by atoms with Crippen LogP contribution in [0.5, 0.6) is 11.5 Å². The zero-order valence-corrected chi connectivity index (χ0v) is 17.8. The van der Waals surface area contributed by atoms with Crippen molar-refractivity contribution < 1.29 is 14.3 Å². The Labute approximate surface area is 178 Å². The molecule has 29 heavy (non-hydrogen) atoms. The maximum absolute atomic E-state index is 13.2. The third-order valence-electron chi connectivity index (χ3n) is 6.14. The third kappa shape index (κ3) is 4.36. The molecule has 1 amide bonds. The Morgan fingerprint density at radius 2 is 1.83 bits per heavy atom. The fourth-order valence-corrected chi connectivity index (χ4v) is 4.70. The summed E-state index contributed by atoms with van der Waals surface area (Å²) in [7, 11) is 3.35. The number of likely N-dealkylation sites (tertiary alicyclic amines) is 1. The van der Waals surface area contributed by atoms with E-state index in [1.807, 2.05) is 36.4 Å². The van der Waals surface area contributed by atoms with Gasteiger partial charge in [0.15, 0.2) is 0 Å². The van der Waals surface area contributed by atoms with Gasteiger partial charge in [-0.2, -0.15) is 0 Å². The second-order valence-electron chi connectivity index (χ2n) is 7.66. The van der Waals surface area contributed by atoms with E-state index in [4.69, 9.17) is 9.47 Å².